The van der Waals surface area contributed by atoms with Gasteiger partial charge in [0.15, 0.2) is 5.76 Å². The van der Waals surface area contributed by atoms with Crippen molar-refractivity contribution in [2.75, 3.05) is 0 Å². The highest BCUT2D eigenvalue weighted by molar-refractivity contribution is 5.74. The lowest BCUT2D eigenvalue weighted by atomic mass is 10.5. The third kappa shape index (κ3) is 1.18. The van der Waals surface area contributed by atoms with Crippen LogP contribution in [0.1, 0.15) is 5.76 Å². The third-order valence-electron chi connectivity index (χ3n) is 0.728. The largest absolute Gasteiger partial charge is 0.411 e. The van der Waals surface area contributed by atoms with Crippen LogP contribution in [-0.4, -0.2) is 16.6 Å². The van der Waals surface area contributed by atoms with Crippen LogP contribution in [0.15, 0.2) is 20.5 Å². The molecule has 1 aromatic heterocycles. The molecule has 0 radical (unpaired) electrons. The lowest BCUT2D eigenvalue weighted by Crippen LogP contribution is -1.92. The minimum Gasteiger partial charge on any atom is -0.411 e. The Kier molecular flexibility index (Phi) is 1.35. The minimum atomic E-state index is -0.357. The van der Waals surface area contributed by atoms with Gasteiger partial charge in [0.1, 0.15) is 6.21 Å². The Morgan fingerprint density at radius 2 is 2.67 bits per heavy atom. The quantitative estimate of drug-likeness (QED) is 0.311. The van der Waals surface area contributed by atoms with Crippen LogP contribution in [0.4, 0.5) is 0 Å². The van der Waals surface area contributed by atoms with E-state index in [1.165, 1.54) is 6.07 Å². The first-order chi connectivity index (χ1) is 4.33. The van der Waals surface area contributed by atoms with Crippen molar-refractivity contribution in [1.82, 2.24) is 5.16 Å². The summed E-state index contributed by atoms with van der Waals surface area (Å²) in [6, 6.07) is 1.17. The summed E-state index contributed by atoms with van der Waals surface area (Å²) in [4.78, 5) is 10.3. The summed E-state index contributed by atoms with van der Waals surface area (Å²) < 4.78 is 4.46. The van der Waals surface area contributed by atoms with Crippen molar-refractivity contribution in [2.24, 2.45) is 5.16 Å². The molecule has 0 aromatic carbocycles. The van der Waals surface area contributed by atoms with Gasteiger partial charge < -0.3 is 9.73 Å². The van der Waals surface area contributed by atoms with Crippen molar-refractivity contribution in [2.45, 2.75) is 0 Å². The van der Waals surface area contributed by atoms with Crippen LogP contribution in [0.5, 0.6) is 0 Å². The number of H-pyrrole nitrogens is 1. The van der Waals surface area contributed by atoms with Crippen LogP contribution in [0.25, 0.3) is 0 Å². The van der Waals surface area contributed by atoms with E-state index in [-0.39, 0.29) is 11.3 Å². The molecule has 0 aliphatic heterocycles. The summed E-state index contributed by atoms with van der Waals surface area (Å²) in [6.45, 7) is 0. The standard InChI is InChI=1S/C4H4N2O3/c7-4-1-3(2-5-8)9-6-4/h1-2,8H,(H,6,7)/b5-2+. The SMILES string of the molecule is O=c1cc(/C=N/O)o[nH]1. The molecule has 48 valence electrons. The zero-order valence-electron chi connectivity index (χ0n) is 4.37. The van der Waals surface area contributed by atoms with Crippen molar-refractivity contribution in [3.05, 3.63) is 22.2 Å². The highest BCUT2D eigenvalue weighted by Crippen LogP contribution is 1.84. The van der Waals surface area contributed by atoms with Crippen LogP contribution < -0.4 is 5.56 Å². The van der Waals surface area contributed by atoms with Gasteiger partial charge >= 0.3 is 0 Å². The molecule has 0 aliphatic rings. The Morgan fingerprint density at radius 1 is 1.89 bits per heavy atom. The van der Waals surface area contributed by atoms with Crippen LogP contribution >= 0.6 is 0 Å². The molecule has 1 aromatic rings. The Balaban J connectivity index is 2.98. The molecule has 0 amide bonds. The van der Waals surface area contributed by atoms with Gasteiger partial charge in [0, 0.05) is 0 Å². The number of hydrogen-bond donors (Lipinski definition) is 2. The summed E-state index contributed by atoms with van der Waals surface area (Å²) in [6.07, 6.45) is 1.01. The molecule has 1 rings (SSSR count). The average molecular weight is 128 g/mol. The Labute approximate surface area is 49.6 Å². The molecule has 0 bridgehead atoms. The average Bonchev–Trinajstić information content (AvgIpc) is 2.17. The maximum Gasteiger partial charge on any atom is 0.280 e. The molecule has 1 heterocycles. The number of oxime groups is 1. The fourth-order valence-electron chi connectivity index (χ4n) is 0.418. The van der Waals surface area contributed by atoms with Crippen LogP contribution in [0, 0.1) is 0 Å². The molecule has 0 unspecified atom stereocenters. The second-order valence-corrected chi connectivity index (χ2v) is 1.36. The van der Waals surface area contributed by atoms with E-state index in [2.05, 4.69) is 9.68 Å². The van der Waals surface area contributed by atoms with E-state index in [0.29, 0.717) is 0 Å². The van der Waals surface area contributed by atoms with Crippen LogP contribution in [0.3, 0.4) is 0 Å². The van der Waals surface area contributed by atoms with E-state index in [1.807, 2.05) is 5.16 Å². The van der Waals surface area contributed by atoms with E-state index >= 15 is 0 Å². The van der Waals surface area contributed by atoms with Crippen molar-refractivity contribution in [3.8, 4) is 0 Å². The molecule has 0 saturated heterocycles. The summed E-state index contributed by atoms with van der Waals surface area (Å²) in [5.74, 6) is 0.197. The molecule has 5 heteroatoms. The van der Waals surface area contributed by atoms with Gasteiger partial charge in [0.2, 0.25) is 0 Å². The van der Waals surface area contributed by atoms with E-state index in [9.17, 15) is 4.79 Å². The fraction of sp³-hybridized carbons (Fsp3) is 0. The van der Waals surface area contributed by atoms with E-state index in [0.717, 1.165) is 6.21 Å². The second kappa shape index (κ2) is 2.17. The number of aromatic nitrogens is 1. The van der Waals surface area contributed by atoms with Gasteiger partial charge in [-0.05, 0) is 0 Å². The lowest BCUT2D eigenvalue weighted by Gasteiger charge is -1.72. The van der Waals surface area contributed by atoms with E-state index < -0.39 is 0 Å². The van der Waals surface area contributed by atoms with E-state index in [1.54, 1.807) is 0 Å². The molecule has 0 fully saturated rings. The highest BCUT2D eigenvalue weighted by Gasteiger charge is 1.92. The predicted octanol–water partition coefficient (Wildman–Crippen LogP) is -0.224. The third-order valence-corrected chi connectivity index (χ3v) is 0.728. The summed E-state index contributed by atoms with van der Waals surface area (Å²) >= 11 is 0. The van der Waals surface area contributed by atoms with Crippen molar-refractivity contribution < 1.29 is 9.73 Å². The molecule has 2 N–H and O–H groups in total. The molecule has 0 aliphatic carbocycles. The first-order valence-electron chi connectivity index (χ1n) is 2.19. The minimum absolute atomic E-state index is 0.197. The Bertz CT molecular complexity index is 259. The normalized spacial score (nSPS) is 10.7. The first kappa shape index (κ1) is 5.61. The first-order valence-corrected chi connectivity index (χ1v) is 2.19. The second-order valence-electron chi connectivity index (χ2n) is 1.36. The van der Waals surface area contributed by atoms with Gasteiger partial charge in [-0.25, -0.2) is 0 Å². The predicted molar refractivity (Wildman–Crippen MR) is 28.7 cm³/mol. The molecule has 0 spiro atoms. The molecule has 9 heavy (non-hydrogen) atoms. The topological polar surface area (TPSA) is 78.6 Å². The summed E-state index contributed by atoms with van der Waals surface area (Å²) in [7, 11) is 0. The molecule has 0 atom stereocenters. The number of rotatable bonds is 1. The monoisotopic (exact) mass is 128 g/mol. The van der Waals surface area contributed by atoms with E-state index in [4.69, 9.17) is 5.21 Å². The maximum atomic E-state index is 10.3. The number of hydrogen-bond acceptors (Lipinski definition) is 4. The molecule has 0 saturated carbocycles. The van der Waals surface area contributed by atoms with Crippen molar-refractivity contribution in [3.63, 3.8) is 0 Å². The molecule has 5 nitrogen and oxygen atoms in total. The molecular formula is C4H4N2O3. The maximum absolute atomic E-state index is 10.3. The van der Waals surface area contributed by atoms with Crippen molar-refractivity contribution >= 4 is 6.21 Å². The fourth-order valence-corrected chi connectivity index (χ4v) is 0.418. The van der Waals surface area contributed by atoms with Crippen LogP contribution in [-0.2, 0) is 0 Å². The van der Waals surface area contributed by atoms with Gasteiger partial charge in [-0.2, -0.15) is 5.16 Å². The Morgan fingerprint density at radius 3 is 3.11 bits per heavy atom. The van der Waals surface area contributed by atoms with Gasteiger partial charge in [-0.1, -0.05) is 5.16 Å². The lowest BCUT2D eigenvalue weighted by molar-refractivity contribution is 0.319. The number of aromatic amines is 1. The number of nitrogens with one attached hydrogen (secondary N) is 1. The molecular weight excluding hydrogens is 124 g/mol. The number of nitrogens with zero attached hydrogens (tertiary/aromatic N) is 1. The van der Waals surface area contributed by atoms with Gasteiger partial charge in [-0.3, -0.25) is 4.79 Å². The Hall–Kier alpha value is -1.52. The smallest absolute Gasteiger partial charge is 0.280 e. The van der Waals surface area contributed by atoms with Crippen molar-refractivity contribution in [1.29, 1.82) is 0 Å². The zero-order chi connectivity index (χ0) is 6.69. The summed E-state index contributed by atoms with van der Waals surface area (Å²) in [5.41, 5.74) is -0.357. The van der Waals surface area contributed by atoms with Gasteiger partial charge in [0.25, 0.3) is 5.56 Å². The van der Waals surface area contributed by atoms with Gasteiger partial charge in [0.05, 0.1) is 6.07 Å². The zero-order valence-corrected chi connectivity index (χ0v) is 4.37. The summed E-state index contributed by atoms with van der Waals surface area (Å²) in [5, 5.41) is 12.6. The van der Waals surface area contributed by atoms with Crippen LogP contribution in [0.2, 0.25) is 0 Å². The highest BCUT2D eigenvalue weighted by atomic mass is 16.5. The van der Waals surface area contributed by atoms with Gasteiger partial charge in [-0.15, -0.1) is 0 Å².